The van der Waals surface area contributed by atoms with Gasteiger partial charge in [0.1, 0.15) is 19.6 Å². The molecule has 1 fully saturated rings. The van der Waals surface area contributed by atoms with E-state index in [1.54, 1.807) is 20.8 Å². The molecule has 1 saturated heterocycles. The van der Waals surface area contributed by atoms with Gasteiger partial charge in [0, 0.05) is 18.6 Å². The van der Waals surface area contributed by atoms with Crippen molar-refractivity contribution in [3.05, 3.63) is 0 Å². The van der Waals surface area contributed by atoms with Gasteiger partial charge in [-0.15, -0.1) is 0 Å². The standard InChI is InChI=1S/C20H35N9O7/c1-20(2,3)26-29-11-17(34)27(6-4-5-23-19(21)22)9-13(30)24-7-15(32)28(12-18(35)36)10-14(31)25-8-16(29)33/h26H,4-12H2,1-3H3,(H,24,30)(H,25,31)(H,35,36)(H4,21,22,23). The van der Waals surface area contributed by atoms with Gasteiger partial charge in [-0.1, -0.05) is 0 Å². The number of aliphatic imine (C=N–C) groups is 1. The van der Waals surface area contributed by atoms with Crippen molar-refractivity contribution in [1.29, 1.82) is 0 Å². The van der Waals surface area contributed by atoms with Gasteiger partial charge in [0.15, 0.2) is 5.96 Å². The highest BCUT2D eigenvalue weighted by atomic mass is 16.4. The Morgan fingerprint density at radius 2 is 1.50 bits per heavy atom. The molecule has 0 aliphatic carbocycles. The maximum Gasteiger partial charge on any atom is 0.323 e. The average Bonchev–Trinajstić information content (AvgIpc) is 2.74. The lowest BCUT2D eigenvalue weighted by Crippen LogP contribution is -2.58. The van der Waals surface area contributed by atoms with Gasteiger partial charge in [0.2, 0.25) is 23.6 Å². The second kappa shape index (κ2) is 13.8. The summed E-state index contributed by atoms with van der Waals surface area (Å²) in [5, 5.41) is 14.7. The number of carboxylic acids is 1. The number of guanidine groups is 1. The number of hydrazine groups is 1. The summed E-state index contributed by atoms with van der Waals surface area (Å²) in [5.74, 6) is -5.06. The van der Waals surface area contributed by atoms with Crippen molar-refractivity contribution >= 4 is 41.5 Å². The van der Waals surface area contributed by atoms with Crippen molar-refractivity contribution in [2.24, 2.45) is 16.5 Å². The lowest BCUT2D eigenvalue weighted by Gasteiger charge is -2.33. The molecule has 0 unspecified atom stereocenters. The van der Waals surface area contributed by atoms with Crippen molar-refractivity contribution in [2.75, 3.05) is 52.4 Å². The van der Waals surface area contributed by atoms with E-state index in [2.05, 4.69) is 21.1 Å². The topological polar surface area (TPSA) is 233 Å². The molecular formula is C20H35N9O7. The van der Waals surface area contributed by atoms with Crippen LogP contribution in [0.4, 0.5) is 0 Å². The summed E-state index contributed by atoms with van der Waals surface area (Å²) in [6.45, 7) is 2.09. The Morgan fingerprint density at radius 1 is 0.944 bits per heavy atom. The lowest BCUT2D eigenvalue weighted by atomic mass is 10.1. The predicted octanol–water partition coefficient (Wildman–Crippen LogP) is -4.23. The first-order valence-corrected chi connectivity index (χ1v) is 11.1. The first kappa shape index (κ1) is 30.1. The number of amides is 5. The first-order chi connectivity index (χ1) is 16.7. The Labute approximate surface area is 208 Å². The van der Waals surface area contributed by atoms with E-state index in [4.69, 9.17) is 16.6 Å². The molecule has 0 spiro atoms. The highest BCUT2D eigenvalue weighted by Gasteiger charge is 2.28. The average molecular weight is 514 g/mol. The summed E-state index contributed by atoms with van der Waals surface area (Å²) in [6.07, 6.45) is 0.305. The minimum absolute atomic E-state index is 0.0659. The maximum absolute atomic E-state index is 13.1. The van der Waals surface area contributed by atoms with Crippen molar-refractivity contribution in [1.82, 2.24) is 30.9 Å². The van der Waals surface area contributed by atoms with Crippen LogP contribution in [0.25, 0.3) is 0 Å². The van der Waals surface area contributed by atoms with E-state index in [-0.39, 0.29) is 19.0 Å². The van der Waals surface area contributed by atoms with Crippen molar-refractivity contribution in [3.8, 4) is 0 Å². The second-order valence-electron chi connectivity index (χ2n) is 9.01. The van der Waals surface area contributed by atoms with Crippen LogP contribution >= 0.6 is 0 Å². The summed E-state index contributed by atoms with van der Waals surface area (Å²) in [4.78, 5) is 80.0. The van der Waals surface area contributed by atoms with E-state index >= 15 is 0 Å². The van der Waals surface area contributed by atoms with Crippen molar-refractivity contribution in [3.63, 3.8) is 0 Å². The minimum atomic E-state index is -1.37. The van der Waals surface area contributed by atoms with Crippen LogP contribution in [0.2, 0.25) is 0 Å². The molecule has 0 aromatic heterocycles. The number of hydrogen-bond donors (Lipinski definition) is 6. The van der Waals surface area contributed by atoms with Gasteiger partial charge in [-0.2, -0.15) is 0 Å². The molecule has 1 heterocycles. The van der Waals surface area contributed by atoms with Gasteiger partial charge in [-0.25, -0.2) is 5.43 Å². The molecule has 0 atom stereocenters. The summed E-state index contributed by atoms with van der Waals surface area (Å²) >= 11 is 0. The van der Waals surface area contributed by atoms with Gasteiger partial charge >= 0.3 is 5.97 Å². The fourth-order valence-corrected chi connectivity index (χ4v) is 3.00. The number of nitrogens with two attached hydrogens (primary N) is 2. The highest BCUT2D eigenvalue weighted by molar-refractivity contribution is 5.94. The largest absolute Gasteiger partial charge is 0.480 e. The summed E-state index contributed by atoms with van der Waals surface area (Å²) < 4.78 is 0. The van der Waals surface area contributed by atoms with Crippen molar-refractivity contribution < 1.29 is 33.9 Å². The lowest BCUT2D eigenvalue weighted by molar-refractivity contribution is -0.146. The molecule has 1 rings (SSSR count). The minimum Gasteiger partial charge on any atom is -0.480 e. The number of carboxylic acid groups (broad SMARTS) is 1. The van der Waals surface area contributed by atoms with Gasteiger partial charge in [0.25, 0.3) is 5.91 Å². The zero-order valence-electron chi connectivity index (χ0n) is 20.7. The third-order valence-corrected chi connectivity index (χ3v) is 4.52. The molecule has 0 radical (unpaired) electrons. The van der Waals surface area contributed by atoms with Gasteiger partial charge in [0.05, 0.1) is 19.6 Å². The SMILES string of the molecule is CC(C)(C)NN1CC(=O)N(CCCN=C(N)N)CC(=O)NCC(=O)N(CC(=O)O)CC(=O)NCC1=O. The Balaban J connectivity index is 3.20. The number of hydrogen-bond acceptors (Lipinski definition) is 8. The molecule has 202 valence electrons. The summed E-state index contributed by atoms with van der Waals surface area (Å²) in [6, 6.07) is 0. The second-order valence-corrected chi connectivity index (χ2v) is 9.01. The normalized spacial score (nSPS) is 17.2. The van der Waals surface area contributed by atoms with Gasteiger partial charge in [-0.3, -0.25) is 38.8 Å². The number of rotatable bonds is 7. The fourth-order valence-electron chi connectivity index (χ4n) is 3.00. The number of aliphatic carboxylic acids is 1. The number of carbonyl (C=O) groups is 6. The van der Waals surface area contributed by atoms with E-state index < -0.39 is 80.3 Å². The Morgan fingerprint density at radius 3 is 2.03 bits per heavy atom. The van der Waals surface area contributed by atoms with Gasteiger partial charge < -0.3 is 37.0 Å². The zero-order chi connectivity index (χ0) is 27.5. The van der Waals surface area contributed by atoms with Crippen LogP contribution in [-0.2, 0) is 28.8 Å². The summed E-state index contributed by atoms with van der Waals surface area (Å²) in [5.41, 5.74) is 12.9. The Kier molecular flexibility index (Phi) is 11.5. The Bertz CT molecular complexity index is 881. The predicted molar refractivity (Wildman–Crippen MR) is 127 cm³/mol. The van der Waals surface area contributed by atoms with E-state index in [1.807, 2.05) is 0 Å². The van der Waals surface area contributed by atoms with Crippen LogP contribution in [0.1, 0.15) is 27.2 Å². The van der Waals surface area contributed by atoms with E-state index in [0.717, 1.165) is 9.91 Å². The van der Waals surface area contributed by atoms with E-state index in [9.17, 15) is 28.8 Å². The molecule has 0 aromatic carbocycles. The Hall–Kier alpha value is -3.95. The molecule has 0 saturated carbocycles. The van der Waals surface area contributed by atoms with Crippen LogP contribution in [0.3, 0.4) is 0 Å². The molecule has 16 nitrogen and oxygen atoms in total. The monoisotopic (exact) mass is 513 g/mol. The fraction of sp³-hybridized carbons (Fsp3) is 0.650. The van der Waals surface area contributed by atoms with Gasteiger partial charge in [-0.05, 0) is 27.2 Å². The smallest absolute Gasteiger partial charge is 0.323 e. The molecule has 5 amide bonds. The molecule has 0 aromatic rings. The summed E-state index contributed by atoms with van der Waals surface area (Å²) in [7, 11) is 0. The molecule has 1 aliphatic heterocycles. The molecular weight excluding hydrogens is 478 g/mol. The molecule has 8 N–H and O–H groups in total. The zero-order valence-corrected chi connectivity index (χ0v) is 20.7. The molecule has 0 bridgehead atoms. The number of nitrogens with zero attached hydrogens (tertiary/aromatic N) is 4. The van der Waals surface area contributed by atoms with E-state index in [0.29, 0.717) is 6.42 Å². The molecule has 36 heavy (non-hydrogen) atoms. The van der Waals surface area contributed by atoms with Crippen LogP contribution in [0.15, 0.2) is 4.99 Å². The highest BCUT2D eigenvalue weighted by Crippen LogP contribution is 2.04. The number of carbonyl (C=O) groups excluding carboxylic acids is 5. The molecule has 16 heteroatoms. The first-order valence-electron chi connectivity index (χ1n) is 11.1. The molecule has 1 aliphatic rings. The van der Waals surface area contributed by atoms with Crippen LogP contribution in [0, 0.1) is 0 Å². The number of nitrogens with one attached hydrogen (secondary N) is 3. The van der Waals surface area contributed by atoms with E-state index in [1.165, 1.54) is 4.90 Å². The third-order valence-electron chi connectivity index (χ3n) is 4.52. The van der Waals surface area contributed by atoms with Crippen molar-refractivity contribution in [2.45, 2.75) is 32.7 Å². The van der Waals surface area contributed by atoms with Crippen LogP contribution < -0.4 is 27.5 Å². The third kappa shape index (κ3) is 12.0. The van der Waals surface area contributed by atoms with Crippen LogP contribution in [-0.4, -0.2) is 119 Å². The quantitative estimate of drug-likeness (QED) is 0.109. The maximum atomic E-state index is 13.1. The van der Waals surface area contributed by atoms with Crippen LogP contribution in [0.5, 0.6) is 0 Å².